The lowest BCUT2D eigenvalue weighted by Gasteiger charge is -2.27. The van der Waals surface area contributed by atoms with Crippen LogP contribution in [0.25, 0.3) is 0 Å². The topological polar surface area (TPSA) is 118 Å². The predicted molar refractivity (Wildman–Crippen MR) is 108 cm³/mol. The van der Waals surface area contributed by atoms with E-state index in [1.54, 1.807) is 0 Å². The molecule has 1 N–H and O–H groups in total. The minimum absolute atomic E-state index is 0.00573. The molecule has 0 spiro atoms. The Kier molecular flexibility index (Phi) is 6.18. The molecule has 28 heavy (non-hydrogen) atoms. The standard InChI is InChI=1S/C18H19IN2O6S/c19-9-2-1-3-10-28(26,27)13-6-4-5-11-15(13)18(25)21(17(11)24)12-7-8-14(22)20-16(12)23/h4-6,12H,1-3,7-10H2,(H,20,22,23). The smallest absolute Gasteiger partial charge is 0.263 e. The summed E-state index contributed by atoms with van der Waals surface area (Å²) in [6.07, 6.45) is 2.16. The average Bonchev–Trinajstić information content (AvgIpc) is 2.90. The maximum absolute atomic E-state index is 13.0. The molecule has 10 heteroatoms. The summed E-state index contributed by atoms with van der Waals surface area (Å²) in [5.41, 5.74) is -0.200. The van der Waals surface area contributed by atoms with Crippen LogP contribution in [-0.4, -0.2) is 53.2 Å². The first kappa shape index (κ1) is 20.9. The molecule has 0 saturated carbocycles. The number of benzene rings is 1. The summed E-state index contributed by atoms with van der Waals surface area (Å²) in [4.78, 5) is 49.8. The summed E-state index contributed by atoms with van der Waals surface area (Å²) >= 11 is 2.22. The van der Waals surface area contributed by atoms with Crippen LogP contribution in [0.15, 0.2) is 23.1 Å². The normalized spacial score (nSPS) is 19.8. The predicted octanol–water partition coefficient (Wildman–Crippen LogP) is 1.47. The molecule has 0 bridgehead atoms. The lowest BCUT2D eigenvalue weighted by Crippen LogP contribution is -2.54. The van der Waals surface area contributed by atoms with Gasteiger partial charge in [0, 0.05) is 6.42 Å². The van der Waals surface area contributed by atoms with Crippen LogP contribution in [0.4, 0.5) is 0 Å². The third kappa shape index (κ3) is 3.84. The van der Waals surface area contributed by atoms with E-state index >= 15 is 0 Å². The van der Waals surface area contributed by atoms with Gasteiger partial charge in [-0.05, 0) is 35.8 Å². The molecule has 1 aromatic rings. The zero-order valence-corrected chi connectivity index (χ0v) is 17.9. The number of halogens is 1. The fourth-order valence-corrected chi connectivity index (χ4v) is 5.55. The van der Waals surface area contributed by atoms with E-state index in [-0.39, 0.29) is 34.6 Å². The number of rotatable bonds is 7. The average molecular weight is 518 g/mol. The van der Waals surface area contributed by atoms with Crippen molar-refractivity contribution < 1.29 is 27.6 Å². The van der Waals surface area contributed by atoms with Crippen molar-refractivity contribution in [3.63, 3.8) is 0 Å². The zero-order valence-electron chi connectivity index (χ0n) is 14.9. The van der Waals surface area contributed by atoms with Crippen molar-refractivity contribution in [2.24, 2.45) is 0 Å². The van der Waals surface area contributed by atoms with E-state index in [1.165, 1.54) is 18.2 Å². The van der Waals surface area contributed by atoms with Gasteiger partial charge in [-0.3, -0.25) is 29.4 Å². The number of imide groups is 2. The number of sulfone groups is 1. The molecular weight excluding hydrogens is 499 g/mol. The maximum Gasteiger partial charge on any atom is 0.263 e. The van der Waals surface area contributed by atoms with Gasteiger partial charge in [-0.25, -0.2) is 8.42 Å². The molecule has 0 radical (unpaired) electrons. The number of piperidine rings is 1. The first-order valence-corrected chi connectivity index (χ1v) is 12.1. The molecule has 150 valence electrons. The summed E-state index contributed by atoms with van der Waals surface area (Å²) in [5.74, 6) is -2.82. The van der Waals surface area contributed by atoms with E-state index < -0.39 is 39.5 Å². The van der Waals surface area contributed by atoms with Gasteiger partial charge in [-0.1, -0.05) is 35.1 Å². The fourth-order valence-electron chi connectivity index (χ4n) is 3.42. The molecule has 0 aliphatic carbocycles. The number of nitrogens with zero attached hydrogens (tertiary/aromatic N) is 1. The SMILES string of the molecule is O=C1CCC(N2C(=O)c3cccc(S(=O)(=O)CCCCCI)c3C2=O)C(=O)N1. The highest BCUT2D eigenvalue weighted by atomic mass is 127. The Morgan fingerprint density at radius 3 is 2.50 bits per heavy atom. The van der Waals surface area contributed by atoms with Crippen molar-refractivity contribution in [1.82, 2.24) is 10.2 Å². The second-order valence-corrected chi connectivity index (χ2v) is 9.85. The van der Waals surface area contributed by atoms with Crippen LogP contribution in [0, 0.1) is 0 Å². The lowest BCUT2D eigenvalue weighted by atomic mass is 10.0. The number of carbonyl (C=O) groups excluding carboxylic acids is 4. The Morgan fingerprint density at radius 2 is 1.82 bits per heavy atom. The van der Waals surface area contributed by atoms with Crippen molar-refractivity contribution in [3.05, 3.63) is 29.3 Å². The van der Waals surface area contributed by atoms with Gasteiger partial charge in [-0.2, -0.15) is 0 Å². The summed E-state index contributed by atoms with van der Waals surface area (Å²) < 4.78 is 26.5. The van der Waals surface area contributed by atoms with Crippen LogP contribution in [-0.2, 0) is 19.4 Å². The summed E-state index contributed by atoms with van der Waals surface area (Å²) in [6.45, 7) is 0. The van der Waals surface area contributed by atoms with Gasteiger partial charge in [0.1, 0.15) is 6.04 Å². The highest BCUT2D eigenvalue weighted by Crippen LogP contribution is 2.32. The number of alkyl halides is 1. The number of amides is 4. The third-order valence-electron chi connectivity index (χ3n) is 4.81. The Bertz CT molecular complexity index is 959. The molecule has 8 nitrogen and oxygen atoms in total. The first-order chi connectivity index (χ1) is 13.3. The molecule has 1 unspecified atom stereocenters. The molecule has 2 aliphatic heterocycles. The molecule has 2 heterocycles. The quantitative estimate of drug-likeness (QED) is 0.253. The molecule has 3 rings (SSSR count). The van der Waals surface area contributed by atoms with Crippen molar-refractivity contribution in [2.75, 3.05) is 10.2 Å². The van der Waals surface area contributed by atoms with Crippen molar-refractivity contribution in [2.45, 2.75) is 43.0 Å². The van der Waals surface area contributed by atoms with E-state index in [9.17, 15) is 27.6 Å². The molecule has 1 fully saturated rings. The summed E-state index contributed by atoms with van der Waals surface area (Å²) in [6, 6.07) is 3.02. The maximum atomic E-state index is 13.0. The van der Waals surface area contributed by atoms with Crippen LogP contribution >= 0.6 is 22.6 Å². The van der Waals surface area contributed by atoms with E-state index in [0.717, 1.165) is 22.2 Å². The highest BCUT2D eigenvalue weighted by molar-refractivity contribution is 14.1. The van der Waals surface area contributed by atoms with Crippen molar-refractivity contribution in [3.8, 4) is 0 Å². The molecule has 0 aromatic heterocycles. The second-order valence-electron chi connectivity index (χ2n) is 6.69. The van der Waals surface area contributed by atoms with Crippen LogP contribution < -0.4 is 5.32 Å². The Hall–Kier alpha value is -1.82. The molecule has 1 saturated heterocycles. The van der Waals surface area contributed by atoms with Crippen LogP contribution in [0.2, 0.25) is 0 Å². The van der Waals surface area contributed by atoms with Gasteiger partial charge in [0.25, 0.3) is 11.8 Å². The molecule has 1 atom stereocenters. The largest absolute Gasteiger partial charge is 0.295 e. The van der Waals surface area contributed by atoms with E-state index in [0.29, 0.717) is 6.42 Å². The second kappa shape index (κ2) is 8.27. The Balaban J connectivity index is 1.92. The Labute approximate surface area is 176 Å². The number of nitrogens with one attached hydrogen (secondary N) is 1. The van der Waals surface area contributed by atoms with Gasteiger partial charge in [0.15, 0.2) is 9.84 Å². The molecular formula is C18H19IN2O6S. The summed E-state index contributed by atoms with van der Waals surface area (Å²) in [5, 5.41) is 2.12. The first-order valence-electron chi connectivity index (χ1n) is 8.91. The minimum atomic E-state index is -3.76. The number of fused-ring (bicyclic) bond motifs is 1. The van der Waals surface area contributed by atoms with Crippen LogP contribution in [0.3, 0.4) is 0 Å². The number of unbranched alkanes of at least 4 members (excludes halogenated alkanes) is 2. The van der Waals surface area contributed by atoms with Gasteiger partial charge < -0.3 is 0 Å². The van der Waals surface area contributed by atoms with Crippen molar-refractivity contribution >= 4 is 56.1 Å². The molecule has 1 aromatic carbocycles. The Morgan fingerprint density at radius 1 is 1.07 bits per heavy atom. The highest BCUT2D eigenvalue weighted by Gasteiger charge is 2.46. The van der Waals surface area contributed by atoms with Gasteiger partial charge >= 0.3 is 0 Å². The molecule has 2 aliphatic rings. The van der Waals surface area contributed by atoms with E-state index in [1.807, 2.05) is 0 Å². The number of hydrogen-bond acceptors (Lipinski definition) is 6. The van der Waals surface area contributed by atoms with Gasteiger partial charge in [-0.15, -0.1) is 0 Å². The fraction of sp³-hybridized carbons (Fsp3) is 0.444. The van der Waals surface area contributed by atoms with Crippen molar-refractivity contribution in [1.29, 1.82) is 0 Å². The number of carbonyl (C=O) groups is 4. The van der Waals surface area contributed by atoms with Crippen LogP contribution in [0.1, 0.15) is 52.8 Å². The van der Waals surface area contributed by atoms with E-state index in [2.05, 4.69) is 27.9 Å². The van der Waals surface area contributed by atoms with Gasteiger partial charge in [0.2, 0.25) is 11.8 Å². The third-order valence-corrected chi connectivity index (χ3v) is 7.41. The zero-order chi connectivity index (χ0) is 20.5. The monoisotopic (exact) mass is 518 g/mol. The molecule has 4 amide bonds. The summed E-state index contributed by atoms with van der Waals surface area (Å²) in [7, 11) is -3.76. The number of hydrogen-bond donors (Lipinski definition) is 1. The lowest BCUT2D eigenvalue weighted by molar-refractivity contribution is -0.136. The van der Waals surface area contributed by atoms with Crippen LogP contribution in [0.5, 0.6) is 0 Å². The van der Waals surface area contributed by atoms with Gasteiger partial charge in [0.05, 0.1) is 21.8 Å². The van der Waals surface area contributed by atoms with E-state index in [4.69, 9.17) is 0 Å². The minimum Gasteiger partial charge on any atom is -0.295 e.